The van der Waals surface area contributed by atoms with Crippen molar-refractivity contribution >= 4 is 5.91 Å². The highest BCUT2D eigenvalue weighted by molar-refractivity contribution is 5.82. The first kappa shape index (κ1) is 16.8. The van der Waals surface area contributed by atoms with Crippen molar-refractivity contribution in [2.24, 2.45) is 5.92 Å². The number of hydrogen-bond donors (Lipinski definition) is 1. The molecule has 0 radical (unpaired) electrons. The van der Waals surface area contributed by atoms with Crippen molar-refractivity contribution in [3.8, 4) is 5.75 Å². The molecule has 1 saturated heterocycles. The number of ether oxygens (including phenoxy) is 1. The van der Waals surface area contributed by atoms with Gasteiger partial charge in [0.05, 0.1) is 7.11 Å². The standard InChI is InChI=1S/C17H26N2O3/c1-13(2)12-18-7-9-19(10-8-18)17(21)16(20)14-5-4-6-15(11-14)22-3/h4-6,11,13,16,20H,7-10,12H2,1-3H3. The van der Waals surface area contributed by atoms with Crippen molar-refractivity contribution in [1.82, 2.24) is 9.80 Å². The zero-order valence-corrected chi connectivity index (χ0v) is 13.7. The molecule has 1 heterocycles. The first-order chi connectivity index (χ1) is 10.5. The summed E-state index contributed by atoms with van der Waals surface area (Å²) in [4.78, 5) is 16.6. The van der Waals surface area contributed by atoms with E-state index in [1.165, 1.54) is 0 Å². The number of rotatable bonds is 5. The smallest absolute Gasteiger partial charge is 0.256 e. The van der Waals surface area contributed by atoms with Gasteiger partial charge in [0.15, 0.2) is 6.10 Å². The Labute approximate surface area is 132 Å². The van der Waals surface area contributed by atoms with Gasteiger partial charge in [0.1, 0.15) is 5.75 Å². The van der Waals surface area contributed by atoms with Crippen molar-refractivity contribution in [3.05, 3.63) is 29.8 Å². The molecule has 1 aliphatic heterocycles. The number of nitrogens with zero attached hydrogens (tertiary/aromatic N) is 2. The zero-order valence-electron chi connectivity index (χ0n) is 13.7. The Hall–Kier alpha value is -1.59. The van der Waals surface area contributed by atoms with Gasteiger partial charge in [0, 0.05) is 32.7 Å². The monoisotopic (exact) mass is 306 g/mol. The fourth-order valence-corrected chi connectivity index (χ4v) is 2.79. The fraction of sp³-hybridized carbons (Fsp3) is 0.588. The first-order valence-electron chi connectivity index (χ1n) is 7.84. The van der Waals surface area contributed by atoms with Gasteiger partial charge in [-0.1, -0.05) is 26.0 Å². The van der Waals surface area contributed by atoms with Gasteiger partial charge < -0.3 is 14.7 Å². The second-order valence-electron chi connectivity index (χ2n) is 6.20. The summed E-state index contributed by atoms with van der Waals surface area (Å²) in [6.07, 6.45) is -1.12. The molecule has 0 aliphatic carbocycles. The topological polar surface area (TPSA) is 53.0 Å². The van der Waals surface area contributed by atoms with E-state index in [-0.39, 0.29) is 5.91 Å². The lowest BCUT2D eigenvalue weighted by molar-refractivity contribution is -0.142. The number of carbonyl (C=O) groups excluding carboxylic acids is 1. The maximum atomic E-state index is 12.4. The predicted molar refractivity (Wildman–Crippen MR) is 85.8 cm³/mol. The average molecular weight is 306 g/mol. The number of aliphatic hydroxyl groups is 1. The van der Waals surface area contributed by atoms with Crippen LogP contribution >= 0.6 is 0 Å². The Morgan fingerprint density at radius 1 is 1.27 bits per heavy atom. The molecular formula is C17H26N2O3. The van der Waals surface area contributed by atoms with Gasteiger partial charge in [-0.25, -0.2) is 0 Å². The van der Waals surface area contributed by atoms with E-state index in [2.05, 4.69) is 18.7 Å². The van der Waals surface area contributed by atoms with E-state index in [0.29, 0.717) is 30.3 Å². The number of piperazine rings is 1. The third-order valence-electron chi connectivity index (χ3n) is 3.95. The molecule has 1 aliphatic rings. The molecule has 0 saturated carbocycles. The summed E-state index contributed by atoms with van der Waals surface area (Å²) in [5.41, 5.74) is 0.578. The van der Waals surface area contributed by atoms with E-state index in [1.54, 1.807) is 36.3 Å². The summed E-state index contributed by atoms with van der Waals surface area (Å²) >= 11 is 0. The van der Waals surface area contributed by atoms with Crippen molar-refractivity contribution in [2.45, 2.75) is 20.0 Å². The molecule has 1 fully saturated rings. The maximum absolute atomic E-state index is 12.4. The van der Waals surface area contributed by atoms with Crippen LogP contribution in [0.15, 0.2) is 24.3 Å². The second-order valence-corrected chi connectivity index (χ2v) is 6.20. The Balaban J connectivity index is 1.94. The zero-order chi connectivity index (χ0) is 16.1. The Kier molecular flexibility index (Phi) is 5.80. The van der Waals surface area contributed by atoms with Gasteiger partial charge >= 0.3 is 0 Å². The van der Waals surface area contributed by atoms with E-state index in [0.717, 1.165) is 19.6 Å². The van der Waals surface area contributed by atoms with E-state index < -0.39 is 6.10 Å². The Morgan fingerprint density at radius 2 is 1.95 bits per heavy atom. The van der Waals surface area contributed by atoms with Crippen LogP contribution in [0.2, 0.25) is 0 Å². The highest BCUT2D eigenvalue weighted by atomic mass is 16.5. The van der Waals surface area contributed by atoms with Crippen LogP contribution in [0.3, 0.4) is 0 Å². The molecule has 1 unspecified atom stereocenters. The third kappa shape index (κ3) is 4.21. The quantitative estimate of drug-likeness (QED) is 0.896. The lowest BCUT2D eigenvalue weighted by Crippen LogP contribution is -2.50. The molecule has 1 N–H and O–H groups in total. The number of aliphatic hydroxyl groups excluding tert-OH is 1. The molecule has 1 amide bonds. The minimum Gasteiger partial charge on any atom is -0.497 e. The van der Waals surface area contributed by atoms with Gasteiger partial charge in [-0.2, -0.15) is 0 Å². The minimum absolute atomic E-state index is 0.225. The van der Waals surface area contributed by atoms with Gasteiger partial charge in [-0.15, -0.1) is 0 Å². The van der Waals surface area contributed by atoms with Gasteiger partial charge in [0.25, 0.3) is 5.91 Å². The Morgan fingerprint density at radius 3 is 2.55 bits per heavy atom. The van der Waals surface area contributed by atoms with E-state index in [9.17, 15) is 9.90 Å². The van der Waals surface area contributed by atoms with Crippen molar-refractivity contribution in [1.29, 1.82) is 0 Å². The van der Waals surface area contributed by atoms with Crippen LogP contribution in [-0.4, -0.2) is 60.6 Å². The minimum atomic E-state index is -1.12. The summed E-state index contributed by atoms with van der Waals surface area (Å²) in [5, 5.41) is 10.3. The molecule has 1 aromatic carbocycles. The van der Waals surface area contributed by atoms with E-state index >= 15 is 0 Å². The predicted octanol–water partition coefficient (Wildman–Crippen LogP) is 1.53. The molecular weight excluding hydrogens is 280 g/mol. The SMILES string of the molecule is COc1cccc(C(O)C(=O)N2CCN(CC(C)C)CC2)c1. The molecule has 1 aromatic rings. The number of hydrogen-bond acceptors (Lipinski definition) is 4. The van der Waals surface area contributed by atoms with Gasteiger partial charge in [-0.3, -0.25) is 9.69 Å². The third-order valence-corrected chi connectivity index (χ3v) is 3.95. The van der Waals surface area contributed by atoms with Crippen molar-refractivity contribution in [2.75, 3.05) is 39.8 Å². The van der Waals surface area contributed by atoms with Gasteiger partial charge in [-0.05, 0) is 23.6 Å². The summed E-state index contributed by atoms with van der Waals surface area (Å²) in [7, 11) is 1.57. The average Bonchev–Trinajstić information content (AvgIpc) is 2.53. The second kappa shape index (κ2) is 7.61. The molecule has 122 valence electrons. The van der Waals surface area contributed by atoms with Crippen LogP contribution in [0.5, 0.6) is 5.75 Å². The van der Waals surface area contributed by atoms with Crippen LogP contribution in [0.1, 0.15) is 25.5 Å². The van der Waals surface area contributed by atoms with Crippen molar-refractivity contribution in [3.63, 3.8) is 0 Å². The lowest BCUT2D eigenvalue weighted by Gasteiger charge is -2.36. The summed E-state index contributed by atoms with van der Waals surface area (Å²) in [5.74, 6) is 1.05. The van der Waals surface area contributed by atoms with E-state index in [4.69, 9.17) is 4.74 Å². The number of carbonyl (C=O) groups is 1. The van der Waals surface area contributed by atoms with E-state index in [1.807, 2.05) is 0 Å². The number of methoxy groups -OCH3 is 1. The molecule has 0 bridgehead atoms. The molecule has 5 nitrogen and oxygen atoms in total. The van der Waals surface area contributed by atoms with Crippen molar-refractivity contribution < 1.29 is 14.6 Å². The number of amides is 1. The normalized spacial score (nSPS) is 17.6. The van der Waals surface area contributed by atoms with Crippen LogP contribution in [0.25, 0.3) is 0 Å². The molecule has 2 rings (SSSR count). The fourth-order valence-electron chi connectivity index (χ4n) is 2.79. The molecule has 22 heavy (non-hydrogen) atoms. The highest BCUT2D eigenvalue weighted by Crippen LogP contribution is 2.21. The largest absolute Gasteiger partial charge is 0.497 e. The summed E-state index contributed by atoms with van der Waals surface area (Å²) in [6, 6.07) is 7.04. The van der Waals surface area contributed by atoms with Crippen LogP contribution in [0.4, 0.5) is 0 Å². The highest BCUT2D eigenvalue weighted by Gasteiger charge is 2.27. The van der Waals surface area contributed by atoms with Crippen LogP contribution < -0.4 is 4.74 Å². The number of benzene rings is 1. The first-order valence-corrected chi connectivity index (χ1v) is 7.84. The molecule has 0 spiro atoms. The lowest BCUT2D eigenvalue weighted by atomic mass is 10.1. The maximum Gasteiger partial charge on any atom is 0.256 e. The van der Waals surface area contributed by atoms with Crippen LogP contribution in [0, 0.1) is 5.92 Å². The van der Waals surface area contributed by atoms with Gasteiger partial charge in [0.2, 0.25) is 0 Å². The Bertz CT molecular complexity index is 496. The molecule has 1 atom stereocenters. The summed E-state index contributed by atoms with van der Waals surface area (Å²) < 4.78 is 5.14. The molecule has 5 heteroatoms. The molecule has 0 aromatic heterocycles. The van der Waals surface area contributed by atoms with Crippen LogP contribution in [-0.2, 0) is 4.79 Å². The summed E-state index contributed by atoms with van der Waals surface area (Å²) in [6.45, 7) is 8.54.